The van der Waals surface area contributed by atoms with Gasteiger partial charge in [0, 0.05) is 42.1 Å². The molecular formula is C17H13N3. The van der Waals surface area contributed by atoms with Crippen molar-refractivity contribution in [1.29, 1.82) is 0 Å². The molecular weight excluding hydrogens is 246 g/mol. The Balaban J connectivity index is 2.03. The number of nitrogens with one attached hydrogen (secondary N) is 1. The van der Waals surface area contributed by atoms with Gasteiger partial charge in [-0.05, 0) is 18.1 Å². The minimum atomic E-state index is 0.741. The molecule has 96 valence electrons. The standard InChI is InChI=1S/C17H13N3/c1-18-15-8-9-20-16(10-15)7-6-14-12-19-11-13-4-2-3-5-17(13)14/h2-5,8-12H,1H3,(H,18,20). The van der Waals surface area contributed by atoms with E-state index in [1.165, 1.54) is 0 Å². The minimum absolute atomic E-state index is 0.741. The summed E-state index contributed by atoms with van der Waals surface area (Å²) in [4.78, 5) is 8.47. The fourth-order valence-electron chi connectivity index (χ4n) is 2.00. The van der Waals surface area contributed by atoms with Gasteiger partial charge in [-0.3, -0.25) is 4.98 Å². The van der Waals surface area contributed by atoms with Crippen LogP contribution in [0.1, 0.15) is 11.3 Å². The number of aromatic nitrogens is 2. The van der Waals surface area contributed by atoms with Gasteiger partial charge in [0.05, 0.1) is 5.56 Å². The number of anilines is 1. The summed E-state index contributed by atoms with van der Waals surface area (Å²) in [6, 6.07) is 11.9. The van der Waals surface area contributed by atoms with Gasteiger partial charge in [0.2, 0.25) is 0 Å². The van der Waals surface area contributed by atoms with Gasteiger partial charge in [-0.2, -0.15) is 0 Å². The Bertz CT molecular complexity index is 808. The van der Waals surface area contributed by atoms with Gasteiger partial charge in [-0.15, -0.1) is 0 Å². The summed E-state index contributed by atoms with van der Waals surface area (Å²) in [5.41, 5.74) is 2.66. The second-order valence-corrected chi connectivity index (χ2v) is 4.34. The Morgan fingerprint density at radius 1 is 1.05 bits per heavy atom. The SMILES string of the molecule is CNc1ccnc(C#Cc2cncc3ccccc23)c1. The Kier molecular flexibility index (Phi) is 3.30. The van der Waals surface area contributed by atoms with Crippen molar-refractivity contribution in [2.24, 2.45) is 0 Å². The summed E-state index contributed by atoms with van der Waals surface area (Å²) in [5, 5.41) is 5.28. The van der Waals surface area contributed by atoms with E-state index in [0.29, 0.717) is 0 Å². The number of hydrogen-bond donors (Lipinski definition) is 1. The molecule has 3 heteroatoms. The van der Waals surface area contributed by atoms with Gasteiger partial charge in [0.25, 0.3) is 0 Å². The Morgan fingerprint density at radius 2 is 1.95 bits per heavy atom. The predicted octanol–water partition coefficient (Wildman–Crippen LogP) is 3.07. The summed E-state index contributed by atoms with van der Waals surface area (Å²) in [6.45, 7) is 0. The molecule has 0 unspecified atom stereocenters. The molecule has 0 spiro atoms. The molecule has 1 N–H and O–H groups in total. The monoisotopic (exact) mass is 259 g/mol. The first-order valence-corrected chi connectivity index (χ1v) is 6.35. The van der Waals surface area contributed by atoms with E-state index >= 15 is 0 Å². The minimum Gasteiger partial charge on any atom is -0.388 e. The predicted molar refractivity (Wildman–Crippen MR) is 81.5 cm³/mol. The van der Waals surface area contributed by atoms with E-state index in [0.717, 1.165) is 27.7 Å². The normalized spacial score (nSPS) is 9.85. The number of rotatable bonds is 1. The highest BCUT2D eigenvalue weighted by Gasteiger charge is 1.97. The maximum Gasteiger partial charge on any atom is 0.115 e. The Labute approximate surface area is 117 Å². The first kappa shape index (κ1) is 12.2. The summed E-state index contributed by atoms with van der Waals surface area (Å²) < 4.78 is 0. The van der Waals surface area contributed by atoms with Gasteiger partial charge in [0.1, 0.15) is 5.69 Å². The van der Waals surface area contributed by atoms with E-state index in [4.69, 9.17) is 0 Å². The Hall–Kier alpha value is -2.86. The lowest BCUT2D eigenvalue weighted by Gasteiger charge is -1.99. The molecule has 3 nitrogen and oxygen atoms in total. The van der Waals surface area contributed by atoms with Crippen molar-refractivity contribution in [3.63, 3.8) is 0 Å². The van der Waals surface area contributed by atoms with Crippen LogP contribution in [0.3, 0.4) is 0 Å². The van der Waals surface area contributed by atoms with Gasteiger partial charge in [-0.25, -0.2) is 4.98 Å². The van der Waals surface area contributed by atoms with Gasteiger partial charge >= 0.3 is 0 Å². The van der Waals surface area contributed by atoms with E-state index in [-0.39, 0.29) is 0 Å². The smallest absolute Gasteiger partial charge is 0.115 e. The van der Waals surface area contributed by atoms with Crippen LogP contribution in [0.25, 0.3) is 10.8 Å². The third kappa shape index (κ3) is 2.45. The fraction of sp³-hybridized carbons (Fsp3) is 0.0588. The molecule has 0 amide bonds. The van der Waals surface area contributed by atoms with Crippen molar-refractivity contribution in [1.82, 2.24) is 9.97 Å². The van der Waals surface area contributed by atoms with E-state index in [1.54, 1.807) is 12.4 Å². The second-order valence-electron chi connectivity index (χ2n) is 4.34. The number of nitrogens with zero attached hydrogens (tertiary/aromatic N) is 2. The molecule has 0 aliphatic carbocycles. The highest BCUT2D eigenvalue weighted by Crippen LogP contribution is 2.16. The van der Waals surface area contributed by atoms with Gasteiger partial charge in [-0.1, -0.05) is 30.2 Å². The van der Waals surface area contributed by atoms with E-state index < -0.39 is 0 Å². The molecule has 0 saturated carbocycles. The van der Waals surface area contributed by atoms with Crippen LogP contribution in [0.5, 0.6) is 0 Å². The van der Waals surface area contributed by atoms with Crippen molar-refractivity contribution in [2.45, 2.75) is 0 Å². The van der Waals surface area contributed by atoms with Crippen LogP contribution in [0, 0.1) is 11.8 Å². The molecule has 0 fully saturated rings. The van der Waals surface area contributed by atoms with Crippen LogP contribution in [-0.4, -0.2) is 17.0 Å². The fourth-order valence-corrected chi connectivity index (χ4v) is 2.00. The molecule has 0 saturated heterocycles. The van der Waals surface area contributed by atoms with Crippen molar-refractivity contribution >= 4 is 16.5 Å². The van der Waals surface area contributed by atoms with Gasteiger partial charge < -0.3 is 5.32 Å². The van der Waals surface area contributed by atoms with Gasteiger partial charge in [0.15, 0.2) is 0 Å². The van der Waals surface area contributed by atoms with Crippen LogP contribution in [-0.2, 0) is 0 Å². The number of benzene rings is 1. The molecule has 2 heterocycles. The van der Waals surface area contributed by atoms with Crippen molar-refractivity contribution < 1.29 is 0 Å². The van der Waals surface area contributed by atoms with Crippen LogP contribution >= 0.6 is 0 Å². The van der Waals surface area contributed by atoms with E-state index in [9.17, 15) is 0 Å². The zero-order chi connectivity index (χ0) is 13.8. The lowest BCUT2D eigenvalue weighted by molar-refractivity contribution is 1.28. The topological polar surface area (TPSA) is 37.8 Å². The van der Waals surface area contributed by atoms with Crippen LogP contribution < -0.4 is 5.32 Å². The van der Waals surface area contributed by atoms with Crippen molar-refractivity contribution in [3.8, 4) is 11.8 Å². The first-order valence-electron chi connectivity index (χ1n) is 6.35. The maximum absolute atomic E-state index is 4.25. The number of fused-ring (bicyclic) bond motifs is 1. The van der Waals surface area contributed by atoms with E-state index in [2.05, 4.69) is 33.2 Å². The molecule has 20 heavy (non-hydrogen) atoms. The van der Waals surface area contributed by atoms with Crippen molar-refractivity contribution in [2.75, 3.05) is 12.4 Å². The van der Waals surface area contributed by atoms with Crippen LogP contribution in [0.15, 0.2) is 55.0 Å². The molecule has 1 aromatic carbocycles. The zero-order valence-corrected chi connectivity index (χ0v) is 11.1. The lowest BCUT2D eigenvalue weighted by atomic mass is 10.1. The second kappa shape index (κ2) is 5.41. The molecule has 3 aromatic rings. The highest BCUT2D eigenvalue weighted by atomic mass is 14.8. The third-order valence-electron chi connectivity index (χ3n) is 3.04. The van der Waals surface area contributed by atoms with Crippen molar-refractivity contribution in [3.05, 3.63) is 66.2 Å². The largest absolute Gasteiger partial charge is 0.388 e. The summed E-state index contributed by atoms with van der Waals surface area (Å²) in [7, 11) is 1.88. The average Bonchev–Trinajstić information content (AvgIpc) is 2.53. The molecule has 3 rings (SSSR count). The molecule has 0 radical (unpaired) electrons. The zero-order valence-electron chi connectivity index (χ0n) is 11.1. The summed E-state index contributed by atoms with van der Waals surface area (Å²) in [6.07, 6.45) is 5.38. The molecule has 0 bridgehead atoms. The summed E-state index contributed by atoms with van der Waals surface area (Å²) >= 11 is 0. The number of pyridine rings is 2. The average molecular weight is 259 g/mol. The number of hydrogen-bond acceptors (Lipinski definition) is 3. The third-order valence-corrected chi connectivity index (χ3v) is 3.04. The molecule has 0 atom stereocenters. The summed E-state index contributed by atoms with van der Waals surface area (Å²) in [5.74, 6) is 6.24. The molecule has 0 aliphatic heterocycles. The van der Waals surface area contributed by atoms with Crippen LogP contribution in [0.4, 0.5) is 5.69 Å². The Morgan fingerprint density at radius 3 is 2.85 bits per heavy atom. The maximum atomic E-state index is 4.25. The highest BCUT2D eigenvalue weighted by molar-refractivity contribution is 5.87. The first-order chi connectivity index (χ1) is 9.86. The van der Waals surface area contributed by atoms with E-state index in [1.807, 2.05) is 43.6 Å². The lowest BCUT2D eigenvalue weighted by Crippen LogP contribution is -1.90. The quantitative estimate of drug-likeness (QED) is 0.682. The van der Waals surface area contributed by atoms with Crippen LogP contribution in [0.2, 0.25) is 0 Å². The molecule has 0 aliphatic rings. The molecule has 2 aromatic heterocycles.